The zero-order valence-electron chi connectivity index (χ0n) is 15.8. The van der Waals surface area contributed by atoms with Crippen molar-refractivity contribution in [1.82, 2.24) is 20.6 Å². The molecule has 10 nitrogen and oxygen atoms in total. The van der Waals surface area contributed by atoms with Crippen LogP contribution in [0.15, 0.2) is 29.1 Å². The molecule has 0 bridgehead atoms. The standard InChI is InChI=1S/C19H19N5O5/c1-9-8-24-13-7-21-12(15-20-3-4-28-15)5-11(13)6-19(14(24)10(2)29-9)16(25)22-18(27)23-17(19)26/h3-5,7,9-10,14H,6,8H2,1-2H3,(H2,22,23,25,26,27)/t9-,10+,14-/m1/s1. The van der Waals surface area contributed by atoms with Gasteiger partial charge in [-0.05, 0) is 25.5 Å². The molecule has 3 aliphatic rings. The number of oxazole rings is 1. The van der Waals surface area contributed by atoms with Gasteiger partial charge in [0.2, 0.25) is 17.7 Å². The third-order valence-corrected chi connectivity index (χ3v) is 5.85. The zero-order chi connectivity index (χ0) is 20.3. The lowest BCUT2D eigenvalue weighted by atomic mass is 9.67. The van der Waals surface area contributed by atoms with Gasteiger partial charge < -0.3 is 14.1 Å². The van der Waals surface area contributed by atoms with Crippen molar-refractivity contribution in [3.63, 3.8) is 0 Å². The summed E-state index contributed by atoms with van der Waals surface area (Å²) in [6, 6.07) is 0.394. The Morgan fingerprint density at radius 3 is 2.62 bits per heavy atom. The summed E-state index contributed by atoms with van der Waals surface area (Å²) in [6.07, 6.45) is 4.27. The number of morpholine rings is 1. The van der Waals surface area contributed by atoms with Crippen molar-refractivity contribution in [1.29, 1.82) is 0 Å². The van der Waals surface area contributed by atoms with E-state index < -0.39 is 35.4 Å². The summed E-state index contributed by atoms with van der Waals surface area (Å²) in [5, 5.41) is 4.54. The number of barbiturate groups is 1. The molecule has 10 heteroatoms. The van der Waals surface area contributed by atoms with E-state index >= 15 is 0 Å². The summed E-state index contributed by atoms with van der Waals surface area (Å²) >= 11 is 0. The monoisotopic (exact) mass is 397 g/mol. The number of carbonyl (C=O) groups is 3. The average molecular weight is 397 g/mol. The van der Waals surface area contributed by atoms with Gasteiger partial charge in [-0.2, -0.15) is 0 Å². The van der Waals surface area contributed by atoms with Crippen molar-refractivity contribution in [2.45, 2.75) is 38.5 Å². The van der Waals surface area contributed by atoms with Gasteiger partial charge >= 0.3 is 6.03 Å². The maximum atomic E-state index is 13.1. The van der Waals surface area contributed by atoms with Crippen LogP contribution in [0.5, 0.6) is 0 Å². The van der Waals surface area contributed by atoms with Gasteiger partial charge in [-0.15, -0.1) is 0 Å². The molecule has 150 valence electrons. The Morgan fingerprint density at radius 1 is 1.17 bits per heavy atom. The van der Waals surface area contributed by atoms with E-state index in [0.717, 1.165) is 11.3 Å². The van der Waals surface area contributed by atoms with Crippen LogP contribution in [-0.4, -0.2) is 52.6 Å². The number of hydrogen-bond donors (Lipinski definition) is 2. The molecule has 2 fully saturated rings. The van der Waals surface area contributed by atoms with Crippen LogP contribution in [0.2, 0.25) is 0 Å². The van der Waals surface area contributed by atoms with Crippen molar-refractivity contribution >= 4 is 23.5 Å². The van der Waals surface area contributed by atoms with Crippen LogP contribution in [-0.2, 0) is 20.7 Å². The third-order valence-electron chi connectivity index (χ3n) is 5.85. The quantitative estimate of drug-likeness (QED) is 0.671. The van der Waals surface area contributed by atoms with Crippen molar-refractivity contribution in [2.75, 3.05) is 11.4 Å². The van der Waals surface area contributed by atoms with Crippen molar-refractivity contribution in [3.8, 4) is 11.6 Å². The summed E-state index contributed by atoms with van der Waals surface area (Å²) in [5.41, 5.74) is 0.584. The summed E-state index contributed by atoms with van der Waals surface area (Å²) in [7, 11) is 0. The fourth-order valence-corrected chi connectivity index (χ4v) is 4.80. The molecule has 0 aromatic carbocycles. The van der Waals surface area contributed by atoms with Gasteiger partial charge in [-0.1, -0.05) is 0 Å². The Morgan fingerprint density at radius 2 is 1.93 bits per heavy atom. The first-order valence-corrected chi connectivity index (χ1v) is 9.38. The molecule has 2 aromatic heterocycles. The Balaban J connectivity index is 1.69. The van der Waals surface area contributed by atoms with Crippen LogP contribution in [0.3, 0.4) is 0 Å². The molecule has 5 heterocycles. The van der Waals surface area contributed by atoms with Gasteiger partial charge in [0.05, 0.1) is 36.3 Å². The van der Waals surface area contributed by atoms with E-state index in [-0.39, 0.29) is 12.5 Å². The number of carbonyl (C=O) groups excluding carboxylic acids is 3. The fourth-order valence-electron chi connectivity index (χ4n) is 4.80. The summed E-state index contributed by atoms with van der Waals surface area (Å²) in [6.45, 7) is 4.26. The fraction of sp³-hybridized carbons (Fsp3) is 0.421. The van der Waals surface area contributed by atoms with Gasteiger partial charge in [0.15, 0.2) is 5.41 Å². The molecular weight excluding hydrogens is 378 g/mol. The zero-order valence-corrected chi connectivity index (χ0v) is 15.8. The molecule has 0 saturated carbocycles. The first-order chi connectivity index (χ1) is 13.9. The van der Waals surface area contributed by atoms with Crippen LogP contribution in [0, 0.1) is 5.41 Å². The van der Waals surface area contributed by atoms with Crippen LogP contribution in [0.1, 0.15) is 19.4 Å². The minimum absolute atomic E-state index is 0.104. The first kappa shape index (κ1) is 17.8. The molecule has 0 unspecified atom stereocenters. The van der Waals surface area contributed by atoms with Gasteiger partial charge in [0.25, 0.3) is 0 Å². The number of aromatic nitrogens is 2. The van der Waals surface area contributed by atoms with E-state index in [2.05, 4.69) is 20.6 Å². The van der Waals surface area contributed by atoms with Crippen molar-refractivity contribution in [3.05, 3.63) is 30.3 Å². The second-order valence-electron chi connectivity index (χ2n) is 7.67. The van der Waals surface area contributed by atoms with Gasteiger partial charge in [-0.25, -0.2) is 14.8 Å². The smallest absolute Gasteiger partial charge is 0.328 e. The highest BCUT2D eigenvalue weighted by Gasteiger charge is 2.62. The number of nitrogens with zero attached hydrogens (tertiary/aromatic N) is 3. The van der Waals surface area contributed by atoms with E-state index in [0.29, 0.717) is 18.1 Å². The number of urea groups is 1. The molecule has 3 aliphatic heterocycles. The second-order valence-corrected chi connectivity index (χ2v) is 7.67. The highest BCUT2D eigenvalue weighted by Crippen LogP contribution is 2.46. The Labute approximate surface area is 165 Å². The van der Waals surface area contributed by atoms with Crippen molar-refractivity contribution < 1.29 is 23.5 Å². The number of anilines is 1. The number of ether oxygens (including phenoxy) is 1. The molecule has 29 heavy (non-hydrogen) atoms. The highest BCUT2D eigenvalue weighted by atomic mass is 16.5. The Bertz CT molecular complexity index is 1000. The maximum Gasteiger partial charge on any atom is 0.328 e. The molecule has 1 spiro atoms. The van der Waals surface area contributed by atoms with Gasteiger partial charge in [0.1, 0.15) is 12.0 Å². The molecule has 0 aliphatic carbocycles. The largest absolute Gasteiger partial charge is 0.443 e. The number of nitrogens with one attached hydrogen (secondary N) is 2. The summed E-state index contributed by atoms with van der Waals surface area (Å²) in [4.78, 5) is 48.5. The lowest BCUT2D eigenvalue weighted by Crippen LogP contribution is -2.75. The number of rotatable bonds is 1. The molecule has 5 rings (SSSR count). The molecular formula is C19H19N5O5. The number of pyridine rings is 1. The topological polar surface area (TPSA) is 127 Å². The van der Waals surface area contributed by atoms with Gasteiger partial charge in [-0.3, -0.25) is 20.2 Å². The van der Waals surface area contributed by atoms with Crippen LogP contribution in [0.25, 0.3) is 11.6 Å². The van der Waals surface area contributed by atoms with E-state index in [9.17, 15) is 14.4 Å². The van der Waals surface area contributed by atoms with E-state index in [1.807, 2.05) is 18.7 Å². The molecule has 4 amide bonds. The van der Waals surface area contributed by atoms with Crippen LogP contribution in [0.4, 0.5) is 10.5 Å². The van der Waals surface area contributed by atoms with Gasteiger partial charge in [0, 0.05) is 13.0 Å². The Hall–Kier alpha value is -3.27. The normalized spacial score (nSPS) is 27.9. The van der Waals surface area contributed by atoms with Crippen LogP contribution < -0.4 is 15.5 Å². The SMILES string of the molecule is C[C@@H]1CN2c3cnc(-c4ncco4)cc3CC3(C(=O)NC(=O)NC3=O)[C@H]2[C@H](C)O1. The molecule has 2 N–H and O–H groups in total. The van der Waals surface area contributed by atoms with E-state index in [1.54, 1.807) is 12.3 Å². The number of hydrogen-bond acceptors (Lipinski definition) is 8. The first-order valence-electron chi connectivity index (χ1n) is 9.38. The second kappa shape index (κ2) is 6.11. The lowest BCUT2D eigenvalue weighted by Gasteiger charge is -2.55. The predicted octanol–water partition coefficient (Wildman–Crippen LogP) is 0.627. The van der Waals surface area contributed by atoms with Crippen LogP contribution >= 0.6 is 0 Å². The van der Waals surface area contributed by atoms with E-state index in [1.165, 1.54) is 12.5 Å². The number of fused-ring (bicyclic) bond motifs is 4. The van der Waals surface area contributed by atoms with Crippen molar-refractivity contribution in [2.24, 2.45) is 5.41 Å². The number of imide groups is 2. The van der Waals surface area contributed by atoms with E-state index in [4.69, 9.17) is 9.15 Å². The molecule has 2 aromatic rings. The minimum atomic E-state index is -1.50. The lowest BCUT2D eigenvalue weighted by molar-refractivity contribution is -0.153. The molecule has 2 saturated heterocycles. The summed E-state index contributed by atoms with van der Waals surface area (Å²) in [5.74, 6) is -0.891. The maximum absolute atomic E-state index is 13.1. The molecule has 0 radical (unpaired) electrons. The summed E-state index contributed by atoms with van der Waals surface area (Å²) < 4.78 is 11.3. The Kier molecular flexibility index (Phi) is 3.75. The predicted molar refractivity (Wildman–Crippen MR) is 98.7 cm³/mol. The average Bonchev–Trinajstić information content (AvgIpc) is 3.20. The highest BCUT2D eigenvalue weighted by molar-refractivity contribution is 6.20. The minimum Gasteiger partial charge on any atom is -0.443 e. The third kappa shape index (κ3) is 2.48. The molecule has 3 atom stereocenters. The number of amides is 4.